The molecule has 0 unspecified atom stereocenters. The van der Waals surface area contributed by atoms with Crippen LogP contribution in [-0.4, -0.2) is 32.2 Å². The van der Waals surface area contributed by atoms with Crippen molar-refractivity contribution in [1.29, 1.82) is 0 Å². The molecule has 0 saturated carbocycles. The lowest BCUT2D eigenvalue weighted by Gasteiger charge is -2.22. The Bertz CT molecular complexity index is 212. The van der Waals surface area contributed by atoms with Crippen LogP contribution in [0.25, 0.3) is 0 Å². The lowest BCUT2D eigenvalue weighted by Crippen LogP contribution is -2.34. The topological polar surface area (TPSA) is 0 Å². The summed E-state index contributed by atoms with van der Waals surface area (Å²) in [5, 5.41) is 0. The van der Waals surface area contributed by atoms with Gasteiger partial charge in [-0.05, 0) is 39.7 Å². The van der Waals surface area contributed by atoms with Gasteiger partial charge in [-0.3, -0.25) is 0 Å². The first kappa shape index (κ1) is 13.4. The van der Waals surface area contributed by atoms with E-state index in [9.17, 15) is 0 Å². The molecule has 0 aliphatic carbocycles. The van der Waals surface area contributed by atoms with Crippen LogP contribution >= 0.6 is 0 Å². The van der Waals surface area contributed by atoms with Crippen LogP contribution in [0.15, 0.2) is 23.3 Å². The lowest BCUT2D eigenvalue weighted by molar-refractivity contribution is -0.864. The highest BCUT2D eigenvalue weighted by molar-refractivity contribution is 5.02. The summed E-state index contributed by atoms with van der Waals surface area (Å²) in [4.78, 5) is 0. The van der Waals surface area contributed by atoms with Gasteiger partial charge in [-0.1, -0.05) is 17.2 Å². The van der Waals surface area contributed by atoms with Crippen LogP contribution in [0.5, 0.6) is 0 Å². The second-order valence-corrected chi connectivity index (χ2v) is 5.34. The molecule has 0 aliphatic heterocycles. The van der Waals surface area contributed by atoms with Crippen LogP contribution in [-0.2, 0) is 0 Å². The fourth-order valence-corrected chi connectivity index (χ4v) is 1.12. The Morgan fingerprint density at radius 2 is 1.57 bits per heavy atom. The highest BCUT2D eigenvalue weighted by atomic mass is 15.3. The van der Waals surface area contributed by atoms with Crippen LogP contribution in [0.3, 0.4) is 0 Å². The summed E-state index contributed by atoms with van der Waals surface area (Å²) in [6.45, 7) is 7.67. The molecule has 0 heterocycles. The maximum atomic E-state index is 2.36. The first-order chi connectivity index (χ1) is 6.31. The van der Waals surface area contributed by atoms with Crippen molar-refractivity contribution in [2.75, 3.05) is 27.7 Å². The van der Waals surface area contributed by atoms with Gasteiger partial charge in [0.25, 0.3) is 0 Å². The zero-order valence-corrected chi connectivity index (χ0v) is 10.7. The van der Waals surface area contributed by atoms with Crippen molar-refractivity contribution in [2.24, 2.45) is 0 Å². The lowest BCUT2D eigenvalue weighted by atomic mass is 10.1. The van der Waals surface area contributed by atoms with Crippen LogP contribution in [0.4, 0.5) is 0 Å². The van der Waals surface area contributed by atoms with Gasteiger partial charge in [-0.2, -0.15) is 0 Å². The van der Waals surface area contributed by atoms with Crippen molar-refractivity contribution in [3.05, 3.63) is 23.3 Å². The van der Waals surface area contributed by atoms with E-state index in [2.05, 4.69) is 54.1 Å². The molecule has 0 bridgehead atoms. The van der Waals surface area contributed by atoms with E-state index >= 15 is 0 Å². The molecule has 82 valence electrons. The van der Waals surface area contributed by atoms with Gasteiger partial charge in [0.15, 0.2) is 0 Å². The van der Waals surface area contributed by atoms with Gasteiger partial charge in [0.1, 0.15) is 0 Å². The second-order valence-electron chi connectivity index (χ2n) is 5.34. The molecule has 0 radical (unpaired) electrons. The molecule has 0 saturated heterocycles. The minimum atomic E-state index is 1.01. The van der Waals surface area contributed by atoms with Crippen LogP contribution in [0.2, 0.25) is 0 Å². The minimum absolute atomic E-state index is 1.01. The maximum Gasteiger partial charge on any atom is 0.0970 e. The van der Waals surface area contributed by atoms with E-state index in [1.807, 2.05) is 0 Å². The average molecular weight is 196 g/mol. The highest BCUT2D eigenvalue weighted by Crippen LogP contribution is 2.07. The molecule has 0 fully saturated rings. The molecule has 1 nitrogen and oxygen atoms in total. The third kappa shape index (κ3) is 9.53. The summed E-state index contributed by atoms with van der Waals surface area (Å²) in [6.07, 6.45) is 7.05. The van der Waals surface area contributed by atoms with E-state index in [1.165, 1.54) is 24.0 Å². The summed E-state index contributed by atoms with van der Waals surface area (Å²) < 4.78 is 1.01. The van der Waals surface area contributed by atoms with Crippen LogP contribution < -0.4 is 0 Å². The molecular formula is C13H26N+. The summed E-state index contributed by atoms with van der Waals surface area (Å²) in [5.41, 5.74) is 2.93. The summed E-state index contributed by atoms with van der Waals surface area (Å²) in [6, 6.07) is 0. The number of hydrogen-bond donors (Lipinski definition) is 0. The molecule has 0 aromatic carbocycles. The second kappa shape index (κ2) is 6.02. The Kier molecular flexibility index (Phi) is 5.78. The smallest absolute Gasteiger partial charge is 0.0970 e. The van der Waals surface area contributed by atoms with E-state index in [1.54, 1.807) is 0 Å². The van der Waals surface area contributed by atoms with E-state index in [0.717, 1.165) is 11.0 Å². The monoisotopic (exact) mass is 196 g/mol. The Morgan fingerprint density at radius 1 is 1.00 bits per heavy atom. The number of hydrogen-bond acceptors (Lipinski definition) is 0. The minimum Gasteiger partial charge on any atom is -0.328 e. The normalized spacial score (nSPS) is 12.9. The molecule has 0 N–H and O–H groups in total. The number of quaternary nitrogens is 1. The van der Waals surface area contributed by atoms with Crippen LogP contribution in [0.1, 0.15) is 33.6 Å². The van der Waals surface area contributed by atoms with Gasteiger partial charge in [0.2, 0.25) is 0 Å². The Labute approximate surface area is 89.7 Å². The molecule has 0 amide bonds. The standard InChI is InChI=1S/C13H26N/c1-12(2)8-7-9-13(3)10-11-14(4,5)6/h8,10H,7,9,11H2,1-6H3/q+1/b13-10+. The highest BCUT2D eigenvalue weighted by Gasteiger charge is 2.02. The molecule has 0 aliphatic rings. The summed E-state index contributed by atoms with van der Waals surface area (Å²) >= 11 is 0. The van der Waals surface area contributed by atoms with Crippen molar-refractivity contribution in [3.8, 4) is 0 Å². The van der Waals surface area contributed by atoms with E-state index in [-0.39, 0.29) is 0 Å². The van der Waals surface area contributed by atoms with Crippen LogP contribution in [0, 0.1) is 0 Å². The van der Waals surface area contributed by atoms with Crippen molar-refractivity contribution in [2.45, 2.75) is 33.6 Å². The van der Waals surface area contributed by atoms with E-state index < -0.39 is 0 Å². The van der Waals surface area contributed by atoms with Crippen molar-refractivity contribution in [1.82, 2.24) is 0 Å². The van der Waals surface area contributed by atoms with Crippen molar-refractivity contribution < 1.29 is 4.48 Å². The third-order valence-corrected chi connectivity index (χ3v) is 2.08. The summed E-state index contributed by atoms with van der Waals surface area (Å²) in [5.74, 6) is 0. The van der Waals surface area contributed by atoms with Gasteiger partial charge in [0, 0.05) is 0 Å². The zero-order chi connectivity index (χ0) is 11.2. The molecule has 14 heavy (non-hydrogen) atoms. The predicted octanol–water partition coefficient (Wildman–Crippen LogP) is 3.39. The fourth-order valence-electron chi connectivity index (χ4n) is 1.12. The molecular weight excluding hydrogens is 170 g/mol. The quantitative estimate of drug-likeness (QED) is 0.467. The third-order valence-electron chi connectivity index (χ3n) is 2.08. The van der Waals surface area contributed by atoms with E-state index in [0.29, 0.717) is 0 Å². The van der Waals surface area contributed by atoms with Gasteiger partial charge < -0.3 is 4.48 Å². The van der Waals surface area contributed by atoms with Gasteiger partial charge in [-0.15, -0.1) is 0 Å². The number of nitrogens with zero attached hydrogens (tertiary/aromatic N) is 1. The molecule has 1 heteroatoms. The average Bonchev–Trinajstić information content (AvgIpc) is 1.99. The fraction of sp³-hybridized carbons (Fsp3) is 0.692. The van der Waals surface area contributed by atoms with Crippen molar-refractivity contribution in [3.63, 3.8) is 0 Å². The number of likely N-dealkylation sites (N-methyl/N-ethyl adjacent to an activating group) is 1. The number of allylic oxidation sites excluding steroid dienone is 3. The predicted molar refractivity (Wildman–Crippen MR) is 65.3 cm³/mol. The summed E-state index contributed by atoms with van der Waals surface area (Å²) in [7, 11) is 6.67. The zero-order valence-electron chi connectivity index (χ0n) is 10.7. The number of rotatable bonds is 5. The molecule has 0 aromatic heterocycles. The first-order valence-corrected chi connectivity index (χ1v) is 5.41. The molecule has 0 aromatic rings. The molecule has 0 rings (SSSR count). The largest absolute Gasteiger partial charge is 0.328 e. The SMILES string of the molecule is CC(C)=CCC/C(C)=C/C[N+](C)(C)C. The van der Waals surface area contributed by atoms with Gasteiger partial charge in [0.05, 0.1) is 27.7 Å². The van der Waals surface area contributed by atoms with Gasteiger partial charge in [-0.25, -0.2) is 0 Å². The molecule has 0 atom stereocenters. The Balaban J connectivity index is 3.85. The van der Waals surface area contributed by atoms with Crippen molar-refractivity contribution >= 4 is 0 Å². The Hall–Kier alpha value is -0.560. The first-order valence-electron chi connectivity index (χ1n) is 5.41. The maximum absolute atomic E-state index is 2.36. The Morgan fingerprint density at radius 3 is 2.00 bits per heavy atom. The molecule has 0 spiro atoms. The van der Waals surface area contributed by atoms with E-state index in [4.69, 9.17) is 0 Å². The van der Waals surface area contributed by atoms with Gasteiger partial charge >= 0.3 is 0 Å².